The molecule has 2 aromatic carbocycles. The number of ether oxygens (including phenoxy) is 2. The largest absolute Gasteiger partial charge is 0.493 e. The van der Waals surface area contributed by atoms with Gasteiger partial charge in [0.1, 0.15) is 0 Å². The van der Waals surface area contributed by atoms with Gasteiger partial charge in [-0.15, -0.1) is 0 Å². The second kappa shape index (κ2) is 8.63. The Morgan fingerprint density at radius 3 is 2.32 bits per heavy atom. The summed E-state index contributed by atoms with van der Waals surface area (Å²) in [5.74, 6) is 1.24. The molecule has 1 fully saturated rings. The van der Waals surface area contributed by atoms with Crippen molar-refractivity contribution in [2.24, 2.45) is 0 Å². The molecule has 1 atom stereocenters. The second-order valence-electron chi connectivity index (χ2n) is 7.27. The summed E-state index contributed by atoms with van der Waals surface area (Å²) in [6, 6.07) is 14.5. The fraction of sp³-hybridized carbons (Fsp3) is 0.409. The van der Waals surface area contributed by atoms with Crippen LogP contribution in [0.5, 0.6) is 11.5 Å². The lowest BCUT2D eigenvalue weighted by atomic mass is 9.94. The first kappa shape index (κ1) is 20.2. The number of piperazine rings is 1. The number of anilines is 1. The molecule has 1 aliphatic rings. The highest BCUT2D eigenvalue weighted by atomic mass is 16.5. The second-order valence-corrected chi connectivity index (χ2v) is 7.27. The van der Waals surface area contributed by atoms with E-state index in [9.17, 15) is 9.90 Å². The SMILES string of the molecule is COc1ccc(C(C)(O)CN2CCN(c3cccccc3=O)CC2)cc1OC. The first-order chi connectivity index (χ1) is 13.4. The van der Waals surface area contributed by atoms with Crippen molar-refractivity contribution in [3.63, 3.8) is 0 Å². The Bertz CT molecular complexity index is 861. The highest BCUT2D eigenvalue weighted by Gasteiger charge is 2.29. The summed E-state index contributed by atoms with van der Waals surface area (Å²) in [5.41, 5.74) is 0.529. The summed E-state index contributed by atoms with van der Waals surface area (Å²) in [7, 11) is 3.18. The molecule has 6 heteroatoms. The molecule has 1 N–H and O–H groups in total. The van der Waals surface area contributed by atoms with Gasteiger partial charge in [0.05, 0.1) is 25.5 Å². The van der Waals surface area contributed by atoms with Gasteiger partial charge >= 0.3 is 0 Å². The fourth-order valence-corrected chi connectivity index (χ4v) is 3.63. The molecule has 2 aromatic rings. The topological polar surface area (TPSA) is 62.2 Å². The van der Waals surface area contributed by atoms with Crippen LogP contribution in [0.4, 0.5) is 5.69 Å². The Labute approximate surface area is 165 Å². The van der Waals surface area contributed by atoms with E-state index >= 15 is 0 Å². The molecule has 0 saturated carbocycles. The van der Waals surface area contributed by atoms with E-state index in [1.54, 1.807) is 26.4 Å². The van der Waals surface area contributed by atoms with Gasteiger partial charge in [-0.3, -0.25) is 9.69 Å². The van der Waals surface area contributed by atoms with Gasteiger partial charge in [-0.2, -0.15) is 0 Å². The van der Waals surface area contributed by atoms with Gasteiger partial charge < -0.3 is 19.5 Å². The maximum atomic E-state index is 12.2. The molecule has 0 amide bonds. The molecule has 3 rings (SSSR count). The lowest BCUT2D eigenvalue weighted by molar-refractivity contribution is 0.0141. The zero-order valence-corrected chi connectivity index (χ0v) is 16.7. The number of hydrogen-bond donors (Lipinski definition) is 1. The zero-order chi connectivity index (χ0) is 20.1. The van der Waals surface area contributed by atoms with Crippen molar-refractivity contribution in [2.45, 2.75) is 12.5 Å². The van der Waals surface area contributed by atoms with E-state index in [4.69, 9.17) is 9.47 Å². The van der Waals surface area contributed by atoms with Crippen LogP contribution in [0.15, 0.2) is 53.3 Å². The molecule has 1 saturated heterocycles. The van der Waals surface area contributed by atoms with Crippen LogP contribution < -0.4 is 19.8 Å². The molecule has 6 nitrogen and oxygen atoms in total. The number of rotatable bonds is 6. The molecule has 28 heavy (non-hydrogen) atoms. The van der Waals surface area contributed by atoms with Gasteiger partial charge in [0.2, 0.25) is 5.43 Å². The Hall–Kier alpha value is -2.57. The quantitative estimate of drug-likeness (QED) is 0.823. The van der Waals surface area contributed by atoms with Crippen LogP contribution in [0.3, 0.4) is 0 Å². The van der Waals surface area contributed by atoms with Crippen LogP contribution in [-0.4, -0.2) is 56.9 Å². The van der Waals surface area contributed by atoms with Crippen molar-refractivity contribution < 1.29 is 14.6 Å². The molecule has 0 radical (unpaired) electrons. The van der Waals surface area contributed by atoms with Crippen molar-refractivity contribution in [1.29, 1.82) is 0 Å². The molecular weight excluding hydrogens is 356 g/mol. The zero-order valence-electron chi connectivity index (χ0n) is 16.7. The minimum Gasteiger partial charge on any atom is -0.493 e. The number of β-amino-alcohol motifs (C(OH)–C–C–N with tert-alkyl or cyclic N) is 1. The third-order valence-corrected chi connectivity index (χ3v) is 5.23. The standard InChI is InChI=1S/C22H28N2O4/c1-22(26,17-9-10-20(27-2)21(15-17)28-3)16-23-11-13-24(14-12-23)18-7-5-4-6-8-19(18)25/h4-10,15,26H,11-14,16H2,1-3H3. The molecule has 1 aliphatic heterocycles. The number of benzene rings is 1. The van der Waals surface area contributed by atoms with Crippen molar-refractivity contribution in [1.82, 2.24) is 4.90 Å². The minimum atomic E-state index is -1.02. The van der Waals surface area contributed by atoms with E-state index < -0.39 is 5.60 Å². The molecule has 150 valence electrons. The van der Waals surface area contributed by atoms with Crippen LogP contribution in [-0.2, 0) is 5.60 Å². The van der Waals surface area contributed by atoms with Gasteiger partial charge in [-0.1, -0.05) is 24.3 Å². The molecule has 1 heterocycles. The minimum absolute atomic E-state index is 0.0378. The van der Waals surface area contributed by atoms with Crippen molar-refractivity contribution >= 4 is 5.69 Å². The first-order valence-corrected chi connectivity index (χ1v) is 9.46. The normalized spacial score (nSPS) is 17.1. The molecule has 0 aromatic heterocycles. The Morgan fingerprint density at radius 2 is 1.64 bits per heavy atom. The maximum Gasteiger partial charge on any atom is 0.201 e. The summed E-state index contributed by atoms with van der Waals surface area (Å²) in [4.78, 5) is 16.5. The highest BCUT2D eigenvalue weighted by molar-refractivity contribution is 5.46. The van der Waals surface area contributed by atoms with Crippen LogP contribution in [0.2, 0.25) is 0 Å². The third kappa shape index (κ3) is 4.46. The molecular formula is C22H28N2O4. The summed E-state index contributed by atoms with van der Waals surface area (Å²) < 4.78 is 10.6. The Kier molecular flexibility index (Phi) is 6.21. The monoisotopic (exact) mass is 384 g/mol. The van der Waals surface area contributed by atoms with Gasteiger partial charge in [0, 0.05) is 32.7 Å². The number of methoxy groups -OCH3 is 2. The highest BCUT2D eigenvalue weighted by Crippen LogP contribution is 2.32. The molecule has 0 aliphatic carbocycles. The Balaban J connectivity index is 1.67. The van der Waals surface area contributed by atoms with E-state index in [0.717, 1.165) is 37.4 Å². The summed E-state index contributed by atoms with van der Waals surface area (Å²) >= 11 is 0. The van der Waals surface area contributed by atoms with Gasteiger partial charge in [-0.05, 0) is 36.8 Å². The van der Waals surface area contributed by atoms with Gasteiger partial charge in [-0.25, -0.2) is 0 Å². The van der Waals surface area contributed by atoms with E-state index in [2.05, 4.69) is 9.80 Å². The average molecular weight is 384 g/mol. The predicted octanol–water partition coefficient (Wildman–Crippen LogP) is 2.09. The van der Waals surface area contributed by atoms with Gasteiger partial charge in [0.25, 0.3) is 0 Å². The average Bonchev–Trinajstić information content (AvgIpc) is 2.92. The van der Waals surface area contributed by atoms with E-state index in [-0.39, 0.29) is 5.43 Å². The van der Waals surface area contributed by atoms with Crippen molar-refractivity contribution in [3.8, 4) is 11.5 Å². The van der Waals surface area contributed by atoms with Crippen molar-refractivity contribution in [3.05, 3.63) is 64.3 Å². The Morgan fingerprint density at radius 1 is 0.964 bits per heavy atom. The van der Waals surface area contributed by atoms with E-state index in [1.165, 1.54) is 0 Å². The summed E-state index contributed by atoms with van der Waals surface area (Å²) in [6.07, 6.45) is 0. The third-order valence-electron chi connectivity index (χ3n) is 5.23. The molecule has 0 bridgehead atoms. The lowest BCUT2D eigenvalue weighted by Gasteiger charge is -2.39. The van der Waals surface area contributed by atoms with Crippen LogP contribution in [0, 0.1) is 0 Å². The number of hydrogen-bond acceptors (Lipinski definition) is 6. The van der Waals surface area contributed by atoms with E-state index in [0.29, 0.717) is 18.0 Å². The maximum absolute atomic E-state index is 12.2. The first-order valence-electron chi connectivity index (χ1n) is 9.46. The fourth-order valence-electron chi connectivity index (χ4n) is 3.63. The summed E-state index contributed by atoms with van der Waals surface area (Å²) in [6.45, 7) is 5.38. The smallest absolute Gasteiger partial charge is 0.201 e. The number of nitrogens with zero attached hydrogens (tertiary/aromatic N) is 2. The van der Waals surface area contributed by atoms with Crippen LogP contribution in [0.25, 0.3) is 0 Å². The van der Waals surface area contributed by atoms with Crippen molar-refractivity contribution in [2.75, 3.05) is 51.8 Å². The summed E-state index contributed by atoms with van der Waals surface area (Å²) in [5, 5.41) is 11.1. The van der Waals surface area contributed by atoms with Crippen LogP contribution >= 0.6 is 0 Å². The lowest BCUT2D eigenvalue weighted by Crippen LogP contribution is -2.51. The molecule has 0 spiro atoms. The van der Waals surface area contributed by atoms with Gasteiger partial charge in [0.15, 0.2) is 11.5 Å². The predicted molar refractivity (Wildman–Crippen MR) is 110 cm³/mol. The number of aliphatic hydroxyl groups is 1. The van der Waals surface area contributed by atoms with Crippen LogP contribution in [0.1, 0.15) is 12.5 Å². The van der Waals surface area contributed by atoms with E-state index in [1.807, 2.05) is 43.3 Å². The molecule has 1 unspecified atom stereocenters.